The molecule has 0 aromatic heterocycles. The Hall–Kier alpha value is -1.55. The summed E-state index contributed by atoms with van der Waals surface area (Å²) < 4.78 is 0. The van der Waals surface area contributed by atoms with Gasteiger partial charge in [0.25, 0.3) is 5.91 Å². The molecule has 0 bridgehead atoms. The number of aliphatic carboxylic acids is 1. The first-order chi connectivity index (χ1) is 9.93. The van der Waals surface area contributed by atoms with Crippen LogP contribution < -0.4 is 5.32 Å². The minimum atomic E-state index is -0.825. The topological polar surface area (TPSA) is 66.4 Å². The molecule has 114 valence electrons. The summed E-state index contributed by atoms with van der Waals surface area (Å²) in [4.78, 5) is 23.7. The van der Waals surface area contributed by atoms with Crippen LogP contribution in [-0.2, 0) is 4.79 Å². The summed E-state index contributed by atoms with van der Waals surface area (Å²) in [5.41, 5.74) is -0.335. The van der Waals surface area contributed by atoms with Crippen LogP contribution in [0.5, 0.6) is 0 Å². The van der Waals surface area contributed by atoms with E-state index in [9.17, 15) is 14.7 Å². The highest BCUT2D eigenvalue weighted by Gasteiger charge is 2.41. The summed E-state index contributed by atoms with van der Waals surface area (Å²) in [6.45, 7) is 2.31. The van der Waals surface area contributed by atoms with Gasteiger partial charge < -0.3 is 10.4 Å². The van der Waals surface area contributed by atoms with Crippen molar-refractivity contribution in [1.29, 1.82) is 0 Å². The van der Waals surface area contributed by atoms with Crippen molar-refractivity contribution in [2.24, 2.45) is 11.3 Å². The van der Waals surface area contributed by atoms with E-state index in [1.54, 1.807) is 24.3 Å². The van der Waals surface area contributed by atoms with Gasteiger partial charge in [-0.3, -0.25) is 9.59 Å². The van der Waals surface area contributed by atoms with Gasteiger partial charge >= 0.3 is 5.97 Å². The fourth-order valence-electron chi connectivity index (χ4n) is 2.73. The van der Waals surface area contributed by atoms with Crippen LogP contribution in [0.1, 0.15) is 43.0 Å². The van der Waals surface area contributed by atoms with Crippen molar-refractivity contribution in [3.8, 4) is 0 Å². The van der Waals surface area contributed by atoms with Gasteiger partial charge in [0.15, 0.2) is 0 Å². The third-order valence-corrected chi connectivity index (χ3v) is 4.63. The number of carbonyl (C=O) groups is 2. The van der Waals surface area contributed by atoms with Crippen molar-refractivity contribution in [3.63, 3.8) is 0 Å². The lowest BCUT2D eigenvalue weighted by atomic mass is 9.71. The molecule has 4 nitrogen and oxygen atoms in total. The van der Waals surface area contributed by atoms with Gasteiger partial charge in [0, 0.05) is 17.1 Å². The van der Waals surface area contributed by atoms with Crippen LogP contribution in [-0.4, -0.2) is 23.5 Å². The zero-order valence-corrected chi connectivity index (χ0v) is 12.8. The number of benzene rings is 1. The molecule has 0 atom stereocenters. The van der Waals surface area contributed by atoms with Crippen LogP contribution >= 0.6 is 11.6 Å². The molecule has 0 spiro atoms. The van der Waals surface area contributed by atoms with Crippen molar-refractivity contribution in [2.45, 2.75) is 32.6 Å². The molecule has 1 amide bonds. The van der Waals surface area contributed by atoms with Crippen LogP contribution in [0.4, 0.5) is 0 Å². The zero-order chi connectivity index (χ0) is 15.5. The summed E-state index contributed by atoms with van der Waals surface area (Å²) >= 11 is 5.78. The van der Waals surface area contributed by atoms with Crippen molar-refractivity contribution in [1.82, 2.24) is 5.32 Å². The van der Waals surface area contributed by atoms with Gasteiger partial charge in [-0.2, -0.15) is 0 Å². The van der Waals surface area contributed by atoms with Crippen LogP contribution in [0.25, 0.3) is 0 Å². The smallest absolute Gasteiger partial charge is 0.311 e. The molecule has 1 aromatic rings. The summed E-state index contributed by atoms with van der Waals surface area (Å²) in [6.07, 6.45) is 3.01. The van der Waals surface area contributed by atoms with Gasteiger partial charge in [-0.25, -0.2) is 0 Å². The number of carbonyl (C=O) groups excluding carboxylic acids is 1. The molecule has 0 radical (unpaired) electrons. The Morgan fingerprint density at radius 3 is 2.38 bits per heavy atom. The van der Waals surface area contributed by atoms with Crippen LogP contribution in [0, 0.1) is 11.3 Å². The number of carboxylic acids is 1. The normalized spacial score (nSPS) is 25.3. The highest BCUT2D eigenvalue weighted by Crippen LogP contribution is 2.38. The summed E-state index contributed by atoms with van der Waals surface area (Å²) in [7, 11) is 0. The second-order valence-corrected chi connectivity index (χ2v) is 6.39. The first-order valence-electron chi connectivity index (χ1n) is 7.20. The van der Waals surface area contributed by atoms with Crippen molar-refractivity contribution in [3.05, 3.63) is 34.9 Å². The highest BCUT2D eigenvalue weighted by atomic mass is 35.5. The van der Waals surface area contributed by atoms with Crippen molar-refractivity contribution in [2.75, 3.05) is 6.54 Å². The average molecular weight is 310 g/mol. The van der Waals surface area contributed by atoms with E-state index in [1.165, 1.54) is 0 Å². The SMILES string of the molecule is CC1CCC(CNC(=O)c2ccc(Cl)cc2)(C(=O)O)CC1. The van der Waals surface area contributed by atoms with Crippen LogP contribution in [0.3, 0.4) is 0 Å². The first-order valence-corrected chi connectivity index (χ1v) is 7.58. The fourth-order valence-corrected chi connectivity index (χ4v) is 2.86. The third kappa shape index (κ3) is 3.76. The summed E-state index contributed by atoms with van der Waals surface area (Å²) in [5.74, 6) is -0.513. The maximum atomic E-state index is 12.1. The molecule has 0 unspecified atom stereocenters. The minimum Gasteiger partial charge on any atom is -0.481 e. The molecule has 0 saturated heterocycles. The Balaban J connectivity index is 2.00. The standard InChI is InChI=1S/C16H20ClNO3/c1-11-6-8-16(9-7-11,15(20)21)10-18-14(19)12-2-4-13(17)5-3-12/h2-5,11H,6-10H2,1H3,(H,18,19)(H,20,21). The van der Waals surface area contributed by atoms with E-state index in [0.29, 0.717) is 29.3 Å². The van der Waals surface area contributed by atoms with E-state index in [2.05, 4.69) is 12.2 Å². The first kappa shape index (κ1) is 15.8. The van der Waals surface area contributed by atoms with E-state index < -0.39 is 11.4 Å². The average Bonchev–Trinajstić information content (AvgIpc) is 2.47. The van der Waals surface area contributed by atoms with E-state index in [4.69, 9.17) is 11.6 Å². The molecule has 0 heterocycles. The van der Waals surface area contributed by atoms with Crippen LogP contribution in [0.2, 0.25) is 5.02 Å². The van der Waals surface area contributed by atoms with Gasteiger partial charge in [0.2, 0.25) is 0 Å². The number of hydrogen-bond acceptors (Lipinski definition) is 2. The monoisotopic (exact) mass is 309 g/mol. The van der Waals surface area contributed by atoms with Gasteiger partial charge in [0.1, 0.15) is 0 Å². The Kier molecular flexibility index (Phi) is 4.88. The van der Waals surface area contributed by atoms with E-state index >= 15 is 0 Å². The van der Waals surface area contributed by atoms with Crippen LogP contribution in [0.15, 0.2) is 24.3 Å². The fraction of sp³-hybridized carbons (Fsp3) is 0.500. The largest absolute Gasteiger partial charge is 0.481 e. The van der Waals surface area contributed by atoms with Crippen molar-refractivity contribution < 1.29 is 14.7 Å². The number of nitrogens with one attached hydrogen (secondary N) is 1. The molecule has 1 fully saturated rings. The Bertz CT molecular complexity index is 519. The predicted octanol–water partition coefficient (Wildman–Crippen LogP) is 3.35. The van der Waals surface area contributed by atoms with Crippen molar-refractivity contribution >= 4 is 23.5 Å². The van der Waals surface area contributed by atoms with E-state index in [1.807, 2.05) is 0 Å². The van der Waals surface area contributed by atoms with Gasteiger partial charge in [-0.15, -0.1) is 0 Å². The molecule has 1 saturated carbocycles. The zero-order valence-electron chi connectivity index (χ0n) is 12.1. The number of carboxylic acid groups (broad SMARTS) is 1. The lowest BCUT2D eigenvalue weighted by Crippen LogP contribution is -2.45. The lowest BCUT2D eigenvalue weighted by Gasteiger charge is -2.35. The number of amides is 1. The molecule has 1 aliphatic rings. The molecule has 5 heteroatoms. The summed E-state index contributed by atoms with van der Waals surface area (Å²) in [5, 5.41) is 12.9. The molecule has 1 aliphatic carbocycles. The summed E-state index contributed by atoms with van der Waals surface area (Å²) in [6, 6.07) is 6.56. The predicted molar refractivity (Wildman–Crippen MR) is 81.5 cm³/mol. The van der Waals surface area contributed by atoms with E-state index in [0.717, 1.165) is 12.8 Å². The molecule has 1 aromatic carbocycles. The molecule has 21 heavy (non-hydrogen) atoms. The van der Waals surface area contributed by atoms with Gasteiger partial charge in [0.05, 0.1) is 5.41 Å². The maximum Gasteiger partial charge on any atom is 0.311 e. The number of hydrogen-bond donors (Lipinski definition) is 2. The minimum absolute atomic E-state index is 0.177. The number of rotatable bonds is 4. The van der Waals surface area contributed by atoms with Gasteiger partial charge in [-0.05, 0) is 55.9 Å². The molecular weight excluding hydrogens is 290 g/mol. The van der Waals surface area contributed by atoms with E-state index in [-0.39, 0.29) is 12.5 Å². The highest BCUT2D eigenvalue weighted by molar-refractivity contribution is 6.30. The van der Waals surface area contributed by atoms with Gasteiger partial charge in [-0.1, -0.05) is 18.5 Å². The Morgan fingerprint density at radius 1 is 1.29 bits per heavy atom. The lowest BCUT2D eigenvalue weighted by molar-refractivity contribution is -0.151. The Morgan fingerprint density at radius 2 is 1.86 bits per heavy atom. The number of halogens is 1. The molecule has 2 N–H and O–H groups in total. The second kappa shape index (κ2) is 6.48. The molecule has 2 rings (SSSR count). The Labute approximate surface area is 129 Å². The maximum absolute atomic E-state index is 12.1. The quantitative estimate of drug-likeness (QED) is 0.896. The molecule has 0 aliphatic heterocycles. The molecular formula is C16H20ClNO3. The third-order valence-electron chi connectivity index (χ3n) is 4.38. The second-order valence-electron chi connectivity index (χ2n) is 5.96.